The van der Waals surface area contributed by atoms with Gasteiger partial charge in [0.1, 0.15) is 0 Å². The molecule has 0 amide bonds. The average Bonchev–Trinajstić information content (AvgIpc) is 2.34. The zero-order valence-electron chi connectivity index (χ0n) is 12.7. The van der Waals surface area contributed by atoms with Crippen LogP contribution in [0, 0.1) is 0 Å². The minimum absolute atomic E-state index is 0. The number of hydrogen-bond donors (Lipinski definition) is 2. The van der Waals surface area contributed by atoms with E-state index in [-0.39, 0.29) is 28.0 Å². The van der Waals surface area contributed by atoms with Crippen molar-refractivity contribution in [2.45, 2.75) is 24.7 Å². The number of allylic oxidation sites excluding steroid dienone is 4. The first-order valence-corrected chi connectivity index (χ1v) is 5.28. The predicted octanol–water partition coefficient (Wildman–Crippen LogP) is 2.59. The number of ketones is 2. The van der Waals surface area contributed by atoms with E-state index in [1.54, 1.807) is 0 Å². The molecule has 0 rings (SSSR count). The number of carbonyl (C=O) groups excluding carboxylic acids is 2. The molecule has 0 aromatic heterocycles. The third kappa shape index (κ3) is 16.7. The summed E-state index contributed by atoms with van der Waals surface area (Å²) in [6.07, 6.45) is -23.4. The quantitative estimate of drug-likeness (QED) is 0.253. The fourth-order valence-electron chi connectivity index (χ4n) is 0.576. The summed E-state index contributed by atoms with van der Waals surface area (Å²) in [6.45, 7) is 0. The van der Waals surface area contributed by atoms with Gasteiger partial charge in [-0.1, -0.05) is 0 Å². The first kappa shape index (κ1) is 37.7. The van der Waals surface area contributed by atoms with Gasteiger partial charge in [-0.15, -0.1) is 0 Å². The first-order chi connectivity index (χ1) is 11.1. The van der Waals surface area contributed by atoms with Crippen molar-refractivity contribution in [3.05, 3.63) is 23.7 Å². The van der Waals surface area contributed by atoms with Gasteiger partial charge >= 0.3 is 24.7 Å². The monoisotopic (exact) mass is 515 g/mol. The van der Waals surface area contributed by atoms with Crippen LogP contribution in [0.4, 0.5) is 52.7 Å². The Balaban J connectivity index is -0.000000120. The Hall–Kier alpha value is -1.98. The summed E-state index contributed by atoms with van der Waals surface area (Å²) in [5.41, 5.74) is 0. The van der Waals surface area contributed by atoms with Crippen LogP contribution in [0.25, 0.3) is 0 Å². The molecule has 0 heterocycles. The second-order valence-electron chi connectivity index (χ2n) is 3.78. The SMILES string of the molecule is O.O.O=C(/C=C(\O)C(F)(F)F)C(F)(F)F.O=C(/C=C(\O)C(F)(F)F)C(F)(F)F.[Cu]. The maximum absolute atomic E-state index is 11.4. The molecule has 0 aliphatic rings. The molecule has 6 N–H and O–H groups in total. The third-order valence-electron chi connectivity index (χ3n) is 1.68. The van der Waals surface area contributed by atoms with Crippen molar-refractivity contribution in [3.8, 4) is 0 Å². The van der Waals surface area contributed by atoms with Crippen LogP contribution >= 0.6 is 0 Å². The van der Waals surface area contributed by atoms with Gasteiger partial charge in [-0.3, -0.25) is 9.59 Å². The van der Waals surface area contributed by atoms with E-state index in [4.69, 9.17) is 10.2 Å². The summed E-state index contributed by atoms with van der Waals surface area (Å²) in [7, 11) is 0. The van der Waals surface area contributed by atoms with Gasteiger partial charge in [-0.25, -0.2) is 0 Å². The first-order valence-electron chi connectivity index (χ1n) is 5.28. The summed E-state index contributed by atoms with van der Waals surface area (Å²) >= 11 is 0. The Morgan fingerprint density at radius 2 is 0.690 bits per heavy atom. The number of carbonyl (C=O) groups is 2. The molecule has 29 heavy (non-hydrogen) atoms. The van der Waals surface area contributed by atoms with Crippen molar-refractivity contribution >= 4 is 11.6 Å². The van der Waals surface area contributed by atoms with Crippen LogP contribution in [0.15, 0.2) is 23.7 Å². The molecular formula is C10H8CuF12O6. The molecule has 0 bridgehead atoms. The van der Waals surface area contributed by atoms with Gasteiger partial charge in [-0.05, 0) is 0 Å². The zero-order valence-corrected chi connectivity index (χ0v) is 13.6. The average molecular weight is 516 g/mol. The number of halogens is 12. The van der Waals surface area contributed by atoms with E-state index in [0.717, 1.165) is 0 Å². The molecule has 0 spiro atoms. The van der Waals surface area contributed by atoms with Crippen LogP contribution in [0.3, 0.4) is 0 Å². The third-order valence-corrected chi connectivity index (χ3v) is 1.68. The summed E-state index contributed by atoms with van der Waals surface area (Å²) in [5, 5.41) is 15.9. The van der Waals surface area contributed by atoms with Crippen LogP contribution in [-0.4, -0.2) is 57.4 Å². The Morgan fingerprint density at radius 1 is 0.517 bits per heavy atom. The van der Waals surface area contributed by atoms with Crippen LogP contribution in [0.1, 0.15) is 0 Å². The van der Waals surface area contributed by atoms with Crippen molar-refractivity contribution in [2.75, 3.05) is 0 Å². The Labute approximate surface area is 161 Å². The van der Waals surface area contributed by atoms with Gasteiger partial charge in [0, 0.05) is 29.2 Å². The molecule has 0 atom stereocenters. The molecule has 0 aromatic carbocycles. The van der Waals surface area contributed by atoms with Crippen LogP contribution < -0.4 is 0 Å². The molecule has 0 aliphatic heterocycles. The smallest absolute Gasteiger partial charge is 0.454 e. The van der Waals surface area contributed by atoms with Crippen molar-refractivity contribution in [1.82, 2.24) is 0 Å². The van der Waals surface area contributed by atoms with Gasteiger partial charge in [0.15, 0.2) is 0 Å². The van der Waals surface area contributed by atoms with Crippen LogP contribution in [0.5, 0.6) is 0 Å². The predicted molar refractivity (Wildman–Crippen MR) is 62.9 cm³/mol. The fourth-order valence-corrected chi connectivity index (χ4v) is 0.576. The number of aliphatic hydroxyl groups excluding tert-OH is 2. The normalized spacial score (nSPS) is 13.0. The van der Waals surface area contributed by atoms with Crippen molar-refractivity contribution in [3.63, 3.8) is 0 Å². The number of alkyl halides is 12. The fraction of sp³-hybridized carbons (Fsp3) is 0.400. The maximum atomic E-state index is 11.4. The van der Waals surface area contributed by atoms with E-state index in [1.165, 1.54) is 0 Å². The molecule has 0 aliphatic carbocycles. The molecule has 0 saturated heterocycles. The second-order valence-corrected chi connectivity index (χ2v) is 3.78. The van der Waals surface area contributed by atoms with Gasteiger partial charge < -0.3 is 21.2 Å². The van der Waals surface area contributed by atoms with E-state index < -0.39 is 59.9 Å². The van der Waals surface area contributed by atoms with Crippen molar-refractivity contribution < 1.29 is 101 Å². The summed E-state index contributed by atoms with van der Waals surface area (Å²) in [6, 6.07) is 0. The summed E-state index contributed by atoms with van der Waals surface area (Å²) < 4.78 is 136. The molecule has 0 unspecified atom stereocenters. The molecule has 6 nitrogen and oxygen atoms in total. The largest absolute Gasteiger partial charge is 0.504 e. The number of hydrogen-bond acceptors (Lipinski definition) is 4. The van der Waals surface area contributed by atoms with E-state index in [9.17, 15) is 62.3 Å². The zero-order chi connectivity index (χ0) is 21.7. The maximum Gasteiger partial charge on any atom is 0.454 e. The molecular weight excluding hydrogens is 508 g/mol. The minimum Gasteiger partial charge on any atom is -0.504 e. The van der Waals surface area contributed by atoms with E-state index in [1.807, 2.05) is 0 Å². The van der Waals surface area contributed by atoms with E-state index in [2.05, 4.69) is 0 Å². The Kier molecular flexibility index (Phi) is 16.3. The van der Waals surface area contributed by atoms with Crippen molar-refractivity contribution in [2.24, 2.45) is 0 Å². The van der Waals surface area contributed by atoms with E-state index in [0.29, 0.717) is 0 Å². The number of rotatable bonds is 2. The Bertz CT molecular complexity index is 532. The van der Waals surface area contributed by atoms with Crippen LogP contribution in [0.2, 0.25) is 0 Å². The van der Waals surface area contributed by atoms with Crippen LogP contribution in [-0.2, 0) is 26.7 Å². The van der Waals surface area contributed by atoms with Gasteiger partial charge in [0.25, 0.3) is 11.6 Å². The summed E-state index contributed by atoms with van der Waals surface area (Å²) in [4.78, 5) is 19.7. The topological polar surface area (TPSA) is 138 Å². The van der Waals surface area contributed by atoms with Crippen molar-refractivity contribution in [1.29, 1.82) is 0 Å². The summed E-state index contributed by atoms with van der Waals surface area (Å²) in [5.74, 6) is -10.7. The number of aliphatic hydroxyl groups is 2. The Morgan fingerprint density at radius 3 is 0.793 bits per heavy atom. The van der Waals surface area contributed by atoms with Gasteiger partial charge in [0.2, 0.25) is 11.5 Å². The molecule has 0 aromatic rings. The van der Waals surface area contributed by atoms with Gasteiger partial charge in [-0.2, -0.15) is 52.7 Å². The molecule has 179 valence electrons. The standard InChI is InChI=1S/2C5H2F6O2.Cu.2H2O/c2*6-4(7,8)2(12)1-3(13)5(9,10)11;;;/h2*1,12H;;2*1H2/b2*2-1-;;;. The second kappa shape index (κ2) is 12.6. The molecule has 19 heteroatoms. The molecule has 0 fully saturated rings. The molecule has 1 radical (unpaired) electrons. The van der Waals surface area contributed by atoms with E-state index >= 15 is 0 Å². The molecule has 0 saturated carbocycles. The van der Waals surface area contributed by atoms with Gasteiger partial charge in [0.05, 0.1) is 0 Å². The minimum atomic E-state index is -5.42.